The van der Waals surface area contributed by atoms with Crippen LogP contribution in [0.1, 0.15) is 5.56 Å². The topological polar surface area (TPSA) is 45.8 Å². The van der Waals surface area contributed by atoms with E-state index >= 15 is 0 Å². The lowest BCUT2D eigenvalue weighted by molar-refractivity contribution is 0.505. The fourth-order valence-corrected chi connectivity index (χ4v) is 1.37. The molecule has 0 saturated carbocycles. The Labute approximate surface area is 89.8 Å². The summed E-state index contributed by atoms with van der Waals surface area (Å²) in [6, 6.07) is 2.74. The van der Waals surface area contributed by atoms with Gasteiger partial charge in [-0.15, -0.1) is 0 Å². The van der Waals surface area contributed by atoms with Gasteiger partial charge in [0.2, 0.25) is 0 Å². The third-order valence-electron chi connectivity index (χ3n) is 2.24. The van der Waals surface area contributed by atoms with Gasteiger partial charge in [-0.25, -0.2) is 13.8 Å². The molecule has 0 aliphatic carbocycles. The van der Waals surface area contributed by atoms with Gasteiger partial charge in [-0.1, -0.05) is 6.07 Å². The van der Waals surface area contributed by atoms with Crippen LogP contribution in [0.25, 0.3) is 11.3 Å². The number of nitrogens with one attached hydrogen (secondary N) is 1. The second-order valence-electron chi connectivity index (χ2n) is 3.32. The molecule has 82 valence electrons. The van der Waals surface area contributed by atoms with Gasteiger partial charge in [0, 0.05) is 18.0 Å². The molecule has 16 heavy (non-hydrogen) atoms. The van der Waals surface area contributed by atoms with Crippen LogP contribution in [0, 0.1) is 18.6 Å². The van der Waals surface area contributed by atoms with Crippen LogP contribution in [0.2, 0.25) is 0 Å². The first-order valence-electron chi connectivity index (χ1n) is 4.60. The maximum atomic E-state index is 13.6. The molecule has 0 spiro atoms. The van der Waals surface area contributed by atoms with Gasteiger partial charge in [0.25, 0.3) is 5.56 Å². The van der Waals surface area contributed by atoms with Crippen LogP contribution in [-0.4, -0.2) is 9.97 Å². The monoisotopic (exact) mass is 222 g/mol. The average molecular weight is 222 g/mol. The standard InChI is InChI=1S/C11H8F2N2O/c1-6-2-3-7(9(13)8(6)12)10-11(16)15-5-4-14-10/h2-5H,1H3,(H,15,16). The van der Waals surface area contributed by atoms with Crippen LogP contribution in [0.4, 0.5) is 8.78 Å². The van der Waals surface area contributed by atoms with E-state index in [1.165, 1.54) is 31.5 Å². The Bertz CT molecular complexity index is 593. The molecule has 0 fully saturated rings. The molecule has 5 heteroatoms. The number of benzene rings is 1. The molecule has 0 aliphatic heterocycles. The molecular weight excluding hydrogens is 214 g/mol. The minimum atomic E-state index is -1.05. The Morgan fingerprint density at radius 1 is 1.25 bits per heavy atom. The number of nitrogens with zero attached hydrogens (tertiary/aromatic N) is 1. The Hall–Kier alpha value is -2.04. The highest BCUT2D eigenvalue weighted by Crippen LogP contribution is 2.21. The maximum absolute atomic E-state index is 13.6. The lowest BCUT2D eigenvalue weighted by Gasteiger charge is -2.04. The van der Waals surface area contributed by atoms with Crippen LogP contribution in [0.5, 0.6) is 0 Å². The number of rotatable bonds is 1. The summed E-state index contributed by atoms with van der Waals surface area (Å²) in [7, 11) is 0. The fraction of sp³-hybridized carbons (Fsp3) is 0.0909. The van der Waals surface area contributed by atoms with Crippen molar-refractivity contribution in [2.45, 2.75) is 6.92 Å². The number of aromatic amines is 1. The summed E-state index contributed by atoms with van der Waals surface area (Å²) in [5, 5.41) is 0. The molecule has 0 bridgehead atoms. The third kappa shape index (κ3) is 1.60. The van der Waals surface area contributed by atoms with E-state index in [1.54, 1.807) is 0 Å². The molecule has 1 aromatic heterocycles. The van der Waals surface area contributed by atoms with Crippen molar-refractivity contribution in [3.63, 3.8) is 0 Å². The highest BCUT2D eigenvalue weighted by Gasteiger charge is 2.15. The van der Waals surface area contributed by atoms with E-state index in [9.17, 15) is 13.6 Å². The molecule has 1 heterocycles. The second-order valence-corrected chi connectivity index (χ2v) is 3.32. The van der Waals surface area contributed by atoms with Crippen molar-refractivity contribution < 1.29 is 8.78 Å². The summed E-state index contributed by atoms with van der Waals surface area (Å²) in [5.74, 6) is -2.01. The number of aromatic nitrogens is 2. The summed E-state index contributed by atoms with van der Waals surface area (Å²) in [6.45, 7) is 1.45. The van der Waals surface area contributed by atoms with Crippen molar-refractivity contribution in [1.29, 1.82) is 0 Å². The molecule has 0 saturated heterocycles. The molecule has 0 radical (unpaired) electrons. The van der Waals surface area contributed by atoms with Gasteiger partial charge in [0.05, 0.1) is 0 Å². The fourth-order valence-electron chi connectivity index (χ4n) is 1.37. The largest absolute Gasteiger partial charge is 0.326 e. The molecule has 0 atom stereocenters. The van der Waals surface area contributed by atoms with E-state index < -0.39 is 17.2 Å². The highest BCUT2D eigenvalue weighted by molar-refractivity contribution is 5.59. The SMILES string of the molecule is Cc1ccc(-c2ncc[nH]c2=O)c(F)c1F. The molecule has 2 rings (SSSR count). The molecule has 1 aromatic carbocycles. The quantitative estimate of drug-likeness (QED) is 0.802. The van der Waals surface area contributed by atoms with E-state index in [0.29, 0.717) is 0 Å². The first kappa shape index (κ1) is 10.5. The summed E-state index contributed by atoms with van der Waals surface area (Å²) < 4.78 is 26.9. The van der Waals surface area contributed by atoms with Crippen molar-refractivity contribution in [2.24, 2.45) is 0 Å². The minimum absolute atomic E-state index is 0.126. The third-order valence-corrected chi connectivity index (χ3v) is 2.24. The van der Waals surface area contributed by atoms with Crippen molar-refractivity contribution in [3.8, 4) is 11.3 Å². The van der Waals surface area contributed by atoms with Crippen molar-refractivity contribution in [2.75, 3.05) is 0 Å². The highest BCUT2D eigenvalue weighted by atomic mass is 19.2. The molecular formula is C11H8F2N2O. The molecule has 1 N–H and O–H groups in total. The van der Waals surface area contributed by atoms with Gasteiger partial charge in [0.15, 0.2) is 11.6 Å². The Morgan fingerprint density at radius 2 is 2.00 bits per heavy atom. The Kier molecular flexibility index (Phi) is 2.52. The second kappa shape index (κ2) is 3.84. The van der Waals surface area contributed by atoms with E-state index in [-0.39, 0.29) is 16.8 Å². The lowest BCUT2D eigenvalue weighted by Crippen LogP contribution is -2.11. The van der Waals surface area contributed by atoms with Crippen LogP contribution >= 0.6 is 0 Å². The number of H-pyrrole nitrogens is 1. The van der Waals surface area contributed by atoms with Crippen LogP contribution < -0.4 is 5.56 Å². The van der Waals surface area contributed by atoms with Crippen molar-refractivity contribution >= 4 is 0 Å². The van der Waals surface area contributed by atoms with Gasteiger partial charge in [0.1, 0.15) is 5.69 Å². The molecule has 0 unspecified atom stereocenters. The lowest BCUT2D eigenvalue weighted by atomic mass is 10.1. The Balaban J connectivity index is 2.71. The van der Waals surface area contributed by atoms with Gasteiger partial charge in [-0.2, -0.15) is 0 Å². The first-order chi connectivity index (χ1) is 7.61. The molecule has 0 aliphatic rings. The van der Waals surface area contributed by atoms with E-state index in [2.05, 4.69) is 9.97 Å². The van der Waals surface area contributed by atoms with Crippen LogP contribution in [0.15, 0.2) is 29.3 Å². The molecule has 3 nitrogen and oxygen atoms in total. The molecule has 2 aromatic rings. The van der Waals surface area contributed by atoms with Gasteiger partial charge < -0.3 is 4.98 Å². The van der Waals surface area contributed by atoms with Crippen molar-refractivity contribution in [3.05, 3.63) is 52.1 Å². The summed E-state index contributed by atoms with van der Waals surface area (Å²) >= 11 is 0. The summed E-state index contributed by atoms with van der Waals surface area (Å²) in [6.07, 6.45) is 2.64. The van der Waals surface area contributed by atoms with Crippen LogP contribution in [-0.2, 0) is 0 Å². The van der Waals surface area contributed by atoms with Gasteiger partial charge in [-0.05, 0) is 18.6 Å². The maximum Gasteiger partial charge on any atom is 0.274 e. The Morgan fingerprint density at radius 3 is 2.69 bits per heavy atom. The summed E-state index contributed by atoms with van der Waals surface area (Å²) in [5.41, 5.74) is -0.623. The smallest absolute Gasteiger partial charge is 0.274 e. The zero-order valence-corrected chi connectivity index (χ0v) is 8.42. The first-order valence-corrected chi connectivity index (χ1v) is 4.60. The number of hydrogen-bond donors (Lipinski definition) is 1. The zero-order valence-electron chi connectivity index (χ0n) is 8.42. The average Bonchev–Trinajstić information content (AvgIpc) is 2.28. The normalized spacial score (nSPS) is 10.4. The number of aryl methyl sites for hydroxylation is 1. The predicted molar refractivity (Wildman–Crippen MR) is 54.9 cm³/mol. The van der Waals surface area contributed by atoms with E-state index in [1.807, 2.05) is 0 Å². The van der Waals surface area contributed by atoms with Crippen molar-refractivity contribution in [1.82, 2.24) is 9.97 Å². The van der Waals surface area contributed by atoms with E-state index in [4.69, 9.17) is 0 Å². The van der Waals surface area contributed by atoms with E-state index in [0.717, 1.165) is 0 Å². The van der Waals surface area contributed by atoms with Crippen LogP contribution in [0.3, 0.4) is 0 Å². The van der Waals surface area contributed by atoms with Gasteiger partial charge in [-0.3, -0.25) is 4.79 Å². The number of hydrogen-bond acceptors (Lipinski definition) is 2. The number of halogens is 2. The zero-order chi connectivity index (χ0) is 11.7. The molecule has 0 amide bonds. The summed E-state index contributed by atoms with van der Waals surface area (Å²) in [4.78, 5) is 17.4. The minimum Gasteiger partial charge on any atom is -0.326 e. The predicted octanol–water partition coefficient (Wildman–Crippen LogP) is 2.02. The van der Waals surface area contributed by atoms with Gasteiger partial charge >= 0.3 is 0 Å².